The Morgan fingerprint density at radius 3 is 2.65 bits per heavy atom. The first kappa shape index (κ1) is 15.4. The number of urea groups is 1. The lowest BCUT2D eigenvalue weighted by atomic mass is 10.0. The molecule has 3 amide bonds. The Bertz CT molecular complexity index is 790. The molecule has 1 aliphatic rings. The summed E-state index contributed by atoms with van der Waals surface area (Å²) in [5.41, 5.74) is -1.33. The second-order valence-corrected chi connectivity index (χ2v) is 6.27. The van der Waals surface area contributed by atoms with E-state index in [1.54, 1.807) is 24.4 Å². The fraction of sp³-hybridized carbons (Fsp3) is 0.188. The molecule has 1 saturated heterocycles. The minimum Gasteiger partial charge on any atom is -0.319 e. The van der Waals surface area contributed by atoms with Crippen LogP contribution in [0.2, 0.25) is 0 Å². The Morgan fingerprint density at radius 2 is 2.00 bits per heavy atom. The molecular weight excluding hydrogens is 319 g/mol. The van der Waals surface area contributed by atoms with E-state index in [4.69, 9.17) is 0 Å². The minimum atomic E-state index is -1.19. The van der Waals surface area contributed by atoms with E-state index in [1.165, 1.54) is 29.5 Å². The van der Waals surface area contributed by atoms with Gasteiger partial charge in [-0.25, -0.2) is 9.18 Å². The maximum absolute atomic E-state index is 13.7. The van der Waals surface area contributed by atoms with Gasteiger partial charge < -0.3 is 5.32 Å². The molecule has 7 heteroatoms. The molecule has 0 radical (unpaired) electrons. The highest BCUT2D eigenvalue weighted by molar-refractivity contribution is 7.10. The smallest absolute Gasteiger partial charge is 0.319 e. The Balaban J connectivity index is 1.84. The van der Waals surface area contributed by atoms with Crippen molar-refractivity contribution in [3.05, 3.63) is 58.0 Å². The number of hydrogen-bond acceptors (Lipinski definition) is 4. The molecule has 118 valence electrons. The predicted molar refractivity (Wildman–Crippen MR) is 82.6 cm³/mol. The second-order valence-electron chi connectivity index (χ2n) is 5.33. The molecule has 1 N–H and O–H groups in total. The van der Waals surface area contributed by atoms with Gasteiger partial charge in [0.05, 0.1) is 12.1 Å². The minimum absolute atomic E-state index is 0.141. The van der Waals surface area contributed by atoms with Crippen molar-refractivity contribution in [1.29, 1.82) is 0 Å². The SMILES string of the molecule is CC1(c2cccs2)NC(=O)N(CC(=O)c2ccccc2F)C1=O. The van der Waals surface area contributed by atoms with Crippen LogP contribution in [0.1, 0.15) is 22.2 Å². The van der Waals surface area contributed by atoms with Crippen molar-refractivity contribution >= 4 is 29.1 Å². The van der Waals surface area contributed by atoms with Gasteiger partial charge in [0.25, 0.3) is 5.91 Å². The van der Waals surface area contributed by atoms with E-state index < -0.39 is 35.6 Å². The lowest BCUT2D eigenvalue weighted by Gasteiger charge is -2.19. The fourth-order valence-electron chi connectivity index (χ4n) is 2.49. The van der Waals surface area contributed by atoms with Gasteiger partial charge in [0.15, 0.2) is 11.3 Å². The van der Waals surface area contributed by atoms with Gasteiger partial charge in [-0.3, -0.25) is 14.5 Å². The topological polar surface area (TPSA) is 66.5 Å². The third-order valence-electron chi connectivity index (χ3n) is 3.76. The lowest BCUT2D eigenvalue weighted by molar-refractivity contribution is -0.130. The number of rotatable bonds is 4. The maximum Gasteiger partial charge on any atom is 0.325 e. The second kappa shape index (κ2) is 5.58. The van der Waals surface area contributed by atoms with Crippen LogP contribution in [0, 0.1) is 5.82 Å². The van der Waals surface area contributed by atoms with Crippen molar-refractivity contribution in [2.24, 2.45) is 0 Å². The summed E-state index contributed by atoms with van der Waals surface area (Å²) in [6.45, 7) is 1.10. The number of carbonyl (C=O) groups excluding carboxylic acids is 3. The fourth-order valence-corrected chi connectivity index (χ4v) is 3.32. The van der Waals surface area contributed by atoms with Crippen LogP contribution in [0.5, 0.6) is 0 Å². The Labute approximate surface area is 135 Å². The lowest BCUT2D eigenvalue weighted by Crippen LogP contribution is -2.40. The molecule has 1 aromatic carbocycles. The molecular formula is C16H13FN2O3S. The van der Waals surface area contributed by atoms with E-state index in [1.807, 2.05) is 0 Å². The number of carbonyl (C=O) groups is 3. The van der Waals surface area contributed by atoms with Crippen LogP contribution in [0.15, 0.2) is 41.8 Å². The average Bonchev–Trinajstić information content (AvgIpc) is 3.12. The molecule has 0 bridgehead atoms. The summed E-state index contributed by atoms with van der Waals surface area (Å²) in [6.07, 6.45) is 0. The Hall–Kier alpha value is -2.54. The third kappa shape index (κ3) is 2.53. The van der Waals surface area contributed by atoms with Crippen LogP contribution in [0.25, 0.3) is 0 Å². The van der Waals surface area contributed by atoms with Crippen molar-refractivity contribution in [1.82, 2.24) is 10.2 Å². The average molecular weight is 332 g/mol. The third-order valence-corrected chi connectivity index (χ3v) is 4.86. The normalized spacial score (nSPS) is 20.7. The molecule has 2 heterocycles. The first-order valence-electron chi connectivity index (χ1n) is 6.89. The number of thiophene rings is 1. The number of ketones is 1. The number of halogens is 1. The van der Waals surface area contributed by atoms with Gasteiger partial charge in [0.2, 0.25) is 0 Å². The van der Waals surface area contributed by atoms with Crippen LogP contribution < -0.4 is 5.32 Å². The van der Waals surface area contributed by atoms with Crippen LogP contribution >= 0.6 is 11.3 Å². The summed E-state index contributed by atoms with van der Waals surface area (Å²) in [5.74, 6) is -1.82. The van der Waals surface area contributed by atoms with Crippen LogP contribution in [0.3, 0.4) is 0 Å². The Morgan fingerprint density at radius 1 is 1.26 bits per heavy atom. The summed E-state index contributed by atoms with van der Waals surface area (Å²) >= 11 is 1.34. The molecule has 1 fully saturated rings. The van der Waals surface area contributed by atoms with E-state index in [9.17, 15) is 18.8 Å². The molecule has 0 saturated carbocycles. The monoisotopic (exact) mass is 332 g/mol. The largest absolute Gasteiger partial charge is 0.325 e. The molecule has 0 spiro atoms. The van der Waals surface area contributed by atoms with Crippen molar-refractivity contribution in [3.63, 3.8) is 0 Å². The van der Waals surface area contributed by atoms with Gasteiger partial charge >= 0.3 is 6.03 Å². The van der Waals surface area contributed by atoms with Crippen LogP contribution in [-0.4, -0.2) is 29.2 Å². The highest BCUT2D eigenvalue weighted by Crippen LogP contribution is 2.31. The van der Waals surface area contributed by atoms with Crippen LogP contribution in [0.4, 0.5) is 9.18 Å². The van der Waals surface area contributed by atoms with Crippen molar-refractivity contribution in [2.45, 2.75) is 12.5 Å². The summed E-state index contributed by atoms with van der Waals surface area (Å²) in [4.78, 5) is 38.4. The number of amides is 3. The van der Waals surface area contributed by atoms with Gasteiger partial charge in [0, 0.05) is 4.88 Å². The highest BCUT2D eigenvalue weighted by atomic mass is 32.1. The summed E-state index contributed by atoms with van der Waals surface area (Å²) < 4.78 is 13.7. The van der Waals surface area contributed by atoms with Crippen LogP contribution in [-0.2, 0) is 10.3 Å². The quantitative estimate of drug-likeness (QED) is 0.691. The van der Waals surface area contributed by atoms with Crippen molar-refractivity contribution < 1.29 is 18.8 Å². The van der Waals surface area contributed by atoms with E-state index >= 15 is 0 Å². The van der Waals surface area contributed by atoms with E-state index in [0.29, 0.717) is 4.88 Å². The summed E-state index contributed by atoms with van der Waals surface area (Å²) in [7, 11) is 0. The Kier molecular flexibility index (Phi) is 3.73. The molecule has 2 aromatic rings. The molecule has 1 aromatic heterocycles. The molecule has 23 heavy (non-hydrogen) atoms. The summed E-state index contributed by atoms with van der Waals surface area (Å²) in [6, 6.07) is 8.34. The summed E-state index contributed by atoms with van der Waals surface area (Å²) in [5, 5.41) is 4.40. The maximum atomic E-state index is 13.7. The van der Waals surface area contributed by atoms with Gasteiger partial charge in [-0.15, -0.1) is 11.3 Å². The molecule has 0 aliphatic carbocycles. The van der Waals surface area contributed by atoms with E-state index in [-0.39, 0.29) is 5.56 Å². The first-order valence-corrected chi connectivity index (χ1v) is 7.77. The first-order chi connectivity index (χ1) is 10.9. The standard InChI is InChI=1S/C16H13FN2O3S/c1-16(13-7-4-8-23-13)14(21)19(15(22)18-16)9-12(20)10-5-2-3-6-11(10)17/h2-8H,9H2,1H3,(H,18,22). The van der Waals surface area contributed by atoms with Crippen molar-refractivity contribution in [3.8, 4) is 0 Å². The molecule has 1 unspecified atom stereocenters. The van der Waals surface area contributed by atoms with E-state index in [2.05, 4.69) is 5.32 Å². The van der Waals surface area contributed by atoms with Gasteiger partial charge in [-0.1, -0.05) is 18.2 Å². The number of imide groups is 1. The number of Topliss-reactive ketones (excluding diaryl/α,β-unsaturated/α-hetero) is 1. The zero-order chi connectivity index (χ0) is 16.6. The predicted octanol–water partition coefficient (Wildman–Crippen LogP) is 2.54. The molecule has 3 rings (SSSR count). The van der Waals surface area contributed by atoms with Crippen molar-refractivity contribution in [2.75, 3.05) is 6.54 Å². The molecule has 1 atom stereocenters. The van der Waals surface area contributed by atoms with Gasteiger partial charge in [-0.05, 0) is 30.5 Å². The number of nitrogens with one attached hydrogen (secondary N) is 1. The van der Waals surface area contributed by atoms with E-state index in [0.717, 1.165) is 11.0 Å². The van der Waals surface area contributed by atoms with Gasteiger partial charge in [0.1, 0.15) is 5.82 Å². The number of hydrogen-bond donors (Lipinski definition) is 1. The zero-order valence-electron chi connectivity index (χ0n) is 12.2. The highest BCUT2D eigenvalue weighted by Gasteiger charge is 2.50. The molecule has 1 aliphatic heterocycles. The zero-order valence-corrected chi connectivity index (χ0v) is 13.0. The number of nitrogens with zero attached hydrogens (tertiary/aromatic N) is 1. The number of benzene rings is 1. The molecule has 5 nitrogen and oxygen atoms in total. The van der Waals surface area contributed by atoms with Gasteiger partial charge in [-0.2, -0.15) is 0 Å².